The van der Waals surface area contributed by atoms with Crippen LogP contribution < -0.4 is 20.1 Å². The van der Waals surface area contributed by atoms with Gasteiger partial charge in [0.1, 0.15) is 11.5 Å². The summed E-state index contributed by atoms with van der Waals surface area (Å²) >= 11 is 12.4. The molecule has 0 aliphatic carbocycles. The Bertz CT molecular complexity index is 1140. The van der Waals surface area contributed by atoms with Crippen molar-refractivity contribution in [1.29, 1.82) is 0 Å². The Morgan fingerprint density at radius 1 is 0.938 bits per heavy atom. The number of benzene rings is 2. The third-order valence-corrected chi connectivity index (χ3v) is 4.77. The quantitative estimate of drug-likeness (QED) is 0.401. The number of methoxy groups -OCH3 is 2. The van der Waals surface area contributed by atoms with Crippen molar-refractivity contribution in [3.63, 3.8) is 0 Å². The standard InChI is InChI=1S/C22H21Cl2N5O3/c1-12-7-13(2)26-21(25-12)29-22(27-19-10-15(23)5-6-18(19)24)28-20(30)14-8-16(31-3)11-17(9-14)32-4/h5-11H,1-4H3,(H2,25,26,27,28,29,30). The smallest absolute Gasteiger partial charge is 0.258 e. The molecule has 32 heavy (non-hydrogen) atoms. The Balaban J connectivity index is 1.99. The molecule has 0 unspecified atom stereocenters. The molecular weight excluding hydrogens is 453 g/mol. The molecule has 1 amide bonds. The number of halogens is 2. The monoisotopic (exact) mass is 473 g/mol. The van der Waals surface area contributed by atoms with E-state index in [1.165, 1.54) is 14.2 Å². The van der Waals surface area contributed by atoms with E-state index >= 15 is 0 Å². The van der Waals surface area contributed by atoms with Crippen LogP contribution in [0.4, 0.5) is 11.6 Å². The first kappa shape index (κ1) is 23.3. The normalized spacial score (nSPS) is 11.1. The predicted molar refractivity (Wildman–Crippen MR) is 126 cm³/mol. The van der Waals surface area contributed by atoms with Crippen LogP contribution in [0, 0.1) is 13.8 Å². The van der Waals surface area contributed by atoms with Gasteiger partial charge in [0, 0.05) is 28.0 Å². The van der Waals surface area contributed by atoms with Crippen LogP contribution in [0.25, 0.3) is 0 Å². The Hall–Kier alpha value is -3.36. The van der Waals surface area contributed by atoms with Crippen LogP contribution in [0.5, 0.6) is 11.5 Å². The van der Waals surface area contributed by atoms with Gasteiger partial charge in [-0.2, -0.15) is 4.99 Å². The van der Waals surface area contributed by atoms with Gasteiger partial charge in [0.25, 0.3) is 11.9 Å². The van der Waals surface area contributed by atoms with Gasteiger partial charge in [0.05, 0.1) is 24.9 Å². The van der Waals surface area contributed by atoms with Crippen molar-refractivity contribution < 1.29 is 14.3 Å². The minimum atomic E-state index is -0.462. The van der Waals surface area contributed by atoms with Gasteiger partial charge in [-0.1, -0.05) is 23.2 Å². The summed E-state index contributed by atoms with van der Waals surface area (Å²) < 4.78 is 10.5. The SMILES string of the molecule is COc1cc(OC)cc(C(=O)NC(=Nc2nc(C)cc(C)n2)Nc2cc(Cl)ccc2Cl)c1. The molecule has 0 saturated heterocycles. The molecule has 3 aromatic rings. The number of carbonyl (C=O) groups is 1. The van der Waals surface area contributed by atoms with Crippen LogP contribution >= 0.6 is 23.2 Å². The number of rotatable bonds is 5. The highest BCUT2D eigenvalue weighted by atomic mass is 35.5. The Labute approximate surface area is 195 Å². The van der Waals surface area contributed by atoms with Gasteiger partial charge in [-0.25, -0.2) is 9.97 Å². The first-order chi connectivity index (χ1) is 15.3. The Morgan fingerprint density at radius 2 is 1.56 bits per heavy atom. The van der Waals surface area contributed by atoms with Crippen LogP contribution in [0.15, 0.2) is 47.5 Å². The topological polar surface area (TPSA) is 97.7 Å². The average molecular weight is 474 g/mol. The number of hydrogen-bond acceptors (Lipinski definition) is 6. The van der Waals surface area contributed by atoms with E-state index in [4.69, 9.17) is 32.7 Å². The van der Waals surface area contributed by atoms with E-state index in [1.807, 2.05) is 19.9 Å². The lowest BCUT2D eigenvalue weighted by Crippen LogP contribution is -2.36. The summed E-state index contributed by atoms with van der Waals surface area (Å²) in [5.41, 5.74) is 2.22. The number of hydrogen-bond donors (Lipinski definition) is 2. The van der Waals surface area contributed by atoms with Crippen LogP contribution in [0.1, 0.15) is 21.7 Å². The fourth-order valence-electron chi connectivity index (χ4n) is 2.78. The van der Waals surface area contributed by atoms with Crippen molar-refractivity contribution in [2.24, 2.45) is 4.99 Å². The number of nitrogens with zero attached hydrogens (tertiary/aromatic N) is 3. The van der Waals surface area contributed by atoms with Crippen molar-refractivity contribution in [2.75, 3.05) is 19.5 Å². The van der Waals surface area contributed by atoms with Crippen LogP contribution in [0.2, 0.25) is 10.0 Å². The van der Waals surface area contributed by atoms with Crippen molar-refractivity contribution in [1.82, 2.24) is 15.3 Å². The molecule has 2 N–H and O–H groups in total. The third-order valence-electron chi connectivity index (χ3n) is 4.21. The first-order valence-corrected chi connectivity index (χ1v) is 10.2. The van der Waals surface area contributed by atoms with Gasteiger partial charge in [-0.05, 0) is 50.2 Å². The van der Waals surface area contributed by atoms with E-state index in [9.17, 15) is 4.79 Å². The van der Waals surface area contributed by atoms with E-state index in [2.05, 4.69) is 25.6 Å². The molecule has 166 valence electrons. The van der Waals surface area contributed by atoms with Crippen molar-refractivity contribution in [3.05, 3.63) is 69.5 Å². The maximum atomic E-state index is 13.0. The zero-order chi connectivity index (χ0) is 23.3. The van der Waals surface area contributed by atoms with Crippen LogP contribution in [-0.2, 0) is 0 Å². The average Bonchev–Trinajstić information content (AvgIpc) is 2.75. The number of guanidine groups is 1. The summed E-state index contributed by atoms with van der Waals surface area (Å²) in [6.45, 7) is 3.66. The molecule has 0 saturated carbocycles. The molecule has 0 aliphatic rings. The van der Waals surface area contributed by atoms with Crippen molar-refractivity contribution in [2.45, 2.75) is 13.8 Å². The van der Waals surface area contributed by atoms with Gasteiger partial charge in [-0.15, -0.1) is 0 Å². The summed E-state index contributed by atoms with van der Waals surface area (Å²) in [6, 6.07) is 11.5. The highest BCUT2D eigenvalue weighted by Gasteiger charge is 2.15. The molecule has 1 heterocycles. The molecule has 10 heteroatoms. The predicted octanol–water partition coefficient (Wildman–Crippen LogP) is 4.95. The number of anilines is 1. The number of ether oxygens (including phenoxy) is 2. The second-order valence-electron chi connectivity index (χ2n) is 6.72. The van der Waals surface area contributed by atoms with Crippen molar-refractivity contribution in [3.8, 4) is 11.5 Å². The molecule has 0 fully saturated rings. The highest BCUT2D eigenvalue weighted by molar-refractivity contribution is 6.35. The maximum Gasteiger partial charge on any atom is 0.258 e. The first-order valence-electron chi connectivity index (χ1n) is 9.45. The number of aryl methyl sites for hydroxylation is 2. The summed E-state index contributed by atoms with van der Waals surface area (Å²) in [4.78, 5) is 26.0. The molecule has 1 aromatic heterocycles. The van der Waals surface area contributed by atoms with E-state index in [0.29, 0.717) is 32.8 Å². The summed E-state index contributed by atoms with van der Waals surface area (Å²) in [5, 5.41) is 6.57. The molecule has 8 nitrogen and oxygen atoms in total. The molecule has 3 rings (SSSR count). The zero-order valence-electron chi connectivity index (χ0n) is 17.9. The lowest BCUT2D eigenvalue weighted by molar-refractivity contribution is 0.0976. The Morgan fingerprint density at radius 3 is 2.16 bits per heavy atom. The second-order valence-corrected chi connectivity index (χ2v) is 7.56. The lowest BCUT2D eigenvalue weighted by atomic mass is 10.2. The molecule has 0 atom stereocenters. The van der Waals surface area contributed by atoms with E-state index in [1.54, 1.807) is 36.4 Å². The summed E-state index contributed by atoms with van der Waals surface area (Å²) in [6.07, 6.45) is 0. The van der Waals surface area contributed by atoms with Gasteiger partial charge < -0.3 is 14.8 Å². The van der Waals surface area contributed by atoms with Crippen LogP contribution in [-0.4, -0.2) is 36.1 Å². The lowest BCUT2D eigenvalue weighted by Gasteiger charge is -2.14. The minimum Gasteiger partial charge on any atom is -0.497 e. The molecule has 0 spiro atoms. The zero-order valence-corrected chi connectivity index (χ0v) is 19.4. The number of aliphatic imine (C=N–C) groups is 1. The fraction of sp³-hybridized carbons (Fsp3) is 0.182. The third kappa shape index (κ3) is 6.09. The minimum absolute atomic E-state index is 0.0611. The van der Waals surface area contributed by atoms with Gasteiger partial charge in [0.15, 0.2) is 0 Å². The molecule has 2 aromatic carbocycles. The largest absolute Gasteiger partial charge is 0.497 e. The molecule has 0 radical (unpaired) electrons. The van der Waals surface area contributed by atoms with Crippen molar-refractivity contribution >= 4 is 46.7 Å². The number of nitrogens with one attached hydrogen (secondary N) is 2. The number of carbonyl (C=O) groups excluding carboxylic acids is 1. The number of amides is 1. The van der Waals surface area contributed by atoms with Crippen LogP contribution in [0.3, 0.4) is 0 Å². The molecular formula is C22H21Cl2N5O3. The fourth-order valence-corrected chi connectivity index (χ4v) is 3.12. The number of aromatic nitrogens is 2. The Kier molecular flexibility index (Phi) is 7.50. The van der Waals surface area contributed by atoms with E-state index in [-0.39, 0.29) is 11.9 Å². The van der Waals surface area contributed by atoms with Gasteiger partial charge in [-0.3, -0.25) is 10.1 Å². The van der Waals surface area contributed by atoms with Gasteiger partial charge in [0.2, 0.25) is 5.96 Å². The molecule has 0 aliphatic heterocycles. The summed E-state index contributed by atoms with van der Waals surface area (Å²) in [7, 11) is 3.01. The summed E-state index contributed by atoms with van der Waals surface area (Å²) in [5.74, 6) is 0.710. The van der Waals surface area contributed by atoms with E-state index in [0.717, 1.165) is 11.4 Å². The molecule has 0 bridgehead atoms. The maximum absolute atomic E-state index is 13.0. The van der Waals surface area contributed by atoms with Gasteiger partial charge >= 0.3 is 0 Å². The second kappa shape index (κ2) is 10.3. The van der Waals surface area contributed by atoms with E-state index < -0.39 is 5.91 Å². The highest BCUT2D eigenvalue weighted by Crippen LogP contribution is 2.26.